The molecule has 180 valence electrons. The van der Waals surface area contributed by atoms with Crippen LogP contribution in [0.1, 0.15) is 35.6 Å². The summed E-state index contributed by atoms with van der Waals surface area (Å²) in [6.07, 6.45) is 4.48. The molecule has 0 unspecified atom stereocenters. The zero-order valence-electron chi connectivity index (χ0n) is 18.9. The van der Waals surface area contributed by atoms with Crippen LogP contribution in [0, 0.1) is 17.5 Å². The van der Waals surface area contributed by atoms with Crippen LogP contribution in [0.3, 0.4) is 0 Å². The number of benzene rings is 2. The number of carbonyl (C=O) groups excluding carboxylic acids is 1. The minimum Gasteiger partial charge on any atom is -0.421 e. The molecule has 2 aromatic carbocycles. The van der Waals surface area contributed by atoms with Crippen molar-refractivity contribution in [3.05, 3.63) is 77.7 Å². The van der Waals surface area contributed by atoms with Gasteiger partial charge in [-0.2, -0.15) is 5.10 Å². The van der Waals surface area contributed by atoms with Gasteiger partial charge in [0.25, 0.3) is 11.8 Å². The summed E-state index contributed by atoms with van der Waals surface area (Å²) < 4.78 is 48.3. The Morgan fingerprint density at radius 1 is 1.03 bits per heavy atom. The van der Waals surface area contributed by atoms with E-state index in [0.29, 0.717) is 17.7 Å². The molecule has 0 radical (unpaired) electrons. The van der Waals surface area contributed by atoms with E-state index in [1.807, 2.05) is 0 Å². The van der Waals surface area contributed by atoms with Crippen molar-refractivity contribution in [2.45, 2.75) is 31.7 Å². The third kappa shape index (κ3) is 4.68. The molecule has 1 atom stereocenters. The quantitative estimate of drug-likeness (QED) is 0.410. The fourth-order valence-corrected chi connectivity index (χ4v) is 4.41. The zero-order valence-corrected chi connectivity index (χ0v) is 18.9. The Labute approximate surface area is 199 Å². The number of rotatable bonds is 5. The molecule has 1 aliphatic rings. The maximum atomic E-state index is 14.1. The first-order chi connectivity index (χ1) is 16.9. The van der Waals surface area contributed by atoms with Gasteiger partial charge in [-0.25, -0.2) is 13.2 Å². The first-order valence-corrected chi connectivity index (χ1v) is 11.3. The molecule has 0 N–H and O–H groups in total. The highest BCUT2D eigenvalue weighted by atomic mass is 19.1. The minimum absolute atomic E-state index is 0.113. The molecule has 4 aromatic rings. The van der Waals surface area contributed by atoms with Crippen LogP contribution in [0.25, 0.3) is 22.6 Å². The molecule has 10 heteroatoms. The normalized spacial score (nSPS) is 16.0. The van der Waals surface area contributed by atoms with Crippen LogP contribution >= 0.6 is 0 Å². The summed E-state index contributed by atoms with van der Waals surface area (Å²) in [6.45, 7) is 0.530. The van der Waals surface area contributed by atoms with Crippen molar-refractivity contribution >= 4 is 5.91 Å². The maximum Gasteiger partial charge on any atom is 0.275 e. The van der Waals surface area contributed by atoms with E-state index in [1.165, 1.54) is 12.1 Å². The fraction of sp³-hybridized carbons (Fsp3) is 0.280. The Bertz CT molecular complexity index is 1370. The van der Waals surface area contributed by atoms with E-state index in [9.17, 15) is 18.0 Å². The predicted molar refractivity (Wildman–Crippen MR) is 121 cm³/mol. The Morgan fingerprint density at radius 2 is 1.80 bits per heavy atom. The molecule has 7 nitrogen and oxygen atoms in total. The van der Waals surface area contributed by atoms with E-state index in [1.54, 1.807) is 35.0 Å². The molecular formula is C25H22F3N5O2. The van der Waals surface area contributed by atoms with E-state index >= 15 is 0 Å². The number of likely N-dealkylation sites (tertiary alicyclic amines) is 1. The molecule has 0 aliphatic carbocycles. The maximum absolute atomic E-state index is 14.1. The third-order valence-electron chi connectivity index (χ3n) is 6.11. The molecule has 1 fully saturated rings. The largest absolute Gasteiger partial charge is 0.421 e. The van der Waals surface area contributed by atoms with Crippen LogP contribution < -0.4 is 0 Å². The number of nitrogens with zero attached hydrogens (tertiary/aromatic N) is 5. The second-order valence-corrected chi connectivity index (χ2v) is 8.55. The SMILES string of the molecule is Cn1cc(-c2ccc(F)cc2)c(C(=O)N2CCCC[C@H]2Cc2nnc(-c3cc(F)ccc3F)o2)n1. The topological polar surface area (TPSA) is 77.0 Å². The van der Waals surface area contributed by atoms with Gasteiger partial charge in [-0.15, -0.1) is 10.2 Å². The third-order valence-corrected chi connectivity index (χ3v) is 6.11. The Hall–Kier alpha value is -3.95. The van der Waals surface area contributed by atoms with Crippen molar-refractivity contribution in [2.24, 2.45) is 7.05 Å². The molecule has 35 heavy (non-hydrogen) atoms. The highest BCUT2D eigenvalue weighted by Gasteiger charge is 2.32. The highest BCUT2D eigenvalue weighted by molar-refractivity contribution is 5.99. The van der Waals surface area contributed by atoms with Crippen molar-refractivity contribution in [3.8, 4) is 22.6 Å². The van der Waals surface area contributed by atoms with Crippen molar-refractivity contribution < 1.29 is 22.4 Å². The van der Waals surface area contributed by atoms with Gasteiger partial charge < -0.3 is 9.32 Å². The van der Waals surface area contributed by atoms with Crippen LogP contribution in [0.2, 0.25) is 0 Å². The molecule has 1 aliphatic heterocycles. The first kappa shape index (κ1) is 22.8. The standard InChI is InChI=1S/C25H22F3N5O2/c1-32-14-20(15-5-7-16(26)8-6-15)23(31-32)25(34)33-11-3-2-4-18(33)13-22-29-30-24(35-22)19-12-17(27)9-10-21(19)28/h5-10,12,14,18H,2-4,11,13H2,1H3/t18-/m0/s1. The second kappa shape index (κ2) is 9.36. The summed E-state index contributed by atoms with van der Waals surface area (Å²) >= 11 is 0. The number of hydrogen-bond donors (Lipinski definition) is 0. The number of carbonyl (C=O) groups is 1. The summed E-state index contributed by atoms with van der Waals surface area (Å²) in [5, 5.41) is 12.3. The number of aryl methyl sites for hydroxylation is 1. The molecule has 2 aromatic heterocycles. The number of aromatic nitrogens is 4. The summed E-state index contributed by atoms with van der Waals surface area (Å²) in [6, 6.07) is 8.70. The first-order valence-electron chi connectivity index (χ1n) is 11.3. The molecular weight excluding hydrogens is 459 g/mol. The lowest BCUT2D eigenvalue weighted by Crippen LogP contribution is -2.45. The smallest absolute Gasteiger partial charge is 0.275 e. The monoisotopic (exact) mass is 481 g/mol. The van der Waals surface area contributed by atoms with Crippen LogP contribution in [0.5, 0.6) is 0 Å². The summed E-state index contributed by atoms with van der Waals surface area (Å²) in [5.41, 5.74) is 1.47. The summed E-state index contributed by atoms with van der Waals surface area (Å²) in [5.74, 6) is -1.77. The van der Waals surface area contributed by atoms with Crippen LogP contribution in [-0.4, -0.2) is 43.4 Å². The van der Waals surface area contributed by atoms with E-state index in [2.05, 4.69) is 15.3 Å². The van der Waals surface area contributed by atoms with Crippen LogP contribution in [0.4, 0.5) is 13.2 Å². The van der Waals surface area contributed by atoms with E-state index < -0.39 is 11.6 Å². The zero-order chi connectivity index (χ0) is 24.5. The van der Waals surface area contributed by atoms with Crippen molar-refractivity contribution in [1.82, 2.24) is 24.9 Å². The van der Waals surface area contributed by atoms with Gasteiger partial charge in [0, 0.05) is 37.8 Å². The minimum atomic E-state index is -0.667. The van der Waals surface area contributed by atoms with Crippen LogP contribution in [-0.2, 0) is 13.5 Å². The summed E-state index contributed by atoms with van der Waals surface area (Å²) in [7, 11) is 1.73. The Morgan fingerprint density at radius 3 is 2.60 bits per heavy atom. The van der Waals surface area contributed by atoms with E-state index in [4.69, 9.17) is 4.42 Å². The molecule has 0 bridgehead atoms. The second-order valence-electron chi connectivity index (χ2n) is 8.55. The van der Waals surface area contributed by atoms with E-state index in [-0.39, 0.29) is 47.2 Å². The van der Waals surface area contributed by atoms with Gasteiger partial charge in [-0.05, 0) is 55.2 Å². The van der Waals surface area contributed by atoms with Gasteiger partial charge in [-0.1, -0.05) is 12.1 Å². The molecule has 1 amide bonds. The number of hydrogen-bond acceptors (Lipinski definition) is 5. The highest BCUT2D eigenvalue weighted by Crippen LogP contribution is 2.29. The van der Waals surface area contributed by atoms with Gasteiger partial charge in [-0.3, -0.25) is 9.48 Å². The lowest BCUT2D eigenvalue weighted by atomic mass is 9.97. The number of halogens is 3. The van der Waals surface area contributed by atoms with Gasteiger partial charge in [0.15, 0.2) is 5.69 Å². The fourth-order valence-electron chi connectivity index (χ4n) is 4.41. The lowest BCUT2D eigenvalue weighted by Gasteiger charge is -2.34. The summed E-state index contributed by atoms with van der Waals surface area (Å²) in [4.78, 5) is 15.3. The predicted octanol–water partition coefficient (Wildman–Crippen LogP) is 4.79. The molecule has 5 rings (SSSR count). The van der Waals surface area contributed by atoms with Gasteiger partial charge in [0.2, 0.25) is 5.89 Å². The lowest BCUT2D eigenvalue weighted by molar-refractivity contribution is 0.0599. The van der Waals surface area contributed by atoms with Gasteiger partial charge in [0.05, 0.1) is 5.56 Å². The molecule has 0 saturated carbocycles. The average molecular weight is 481 g/mol. The molecule has 3 heterocycles. The number of amides is 1. The number of piperidine rings is 1. The van der Waals surface area contributed by atoms with Crippen molar-refractivity contribution in [2.75, 3.05) is 6.54 Å². The van der Waals surface area contributed by atoms with Crippen molar-refractivity contribution in [1.29, 1.82) is 0 Å². The van der Waals surface area contributed by atoms with Crippen LogP contribution in [0.15, 0.2) is 53.1 Å². The molecule has 0 spiro atoms. The molecule has 1 saturated heterocycles. The van der Waals surface area contributed by atoms with E-state index in [0.717, 1.165) is 37.5 Å². The van der Waals surface area contributed by atoms with Gasteiger partial charge in [0.1, 0.15) is 17.5 Å². The van der Waals surface area contributed by atoms with Gasteiger partial charge >= 0.3 is 0 Å². The Kier molecular flexibility index (Phi) is 6.10. The Balaban J connectivity index is 1.40. The average Bonchev–Trinajstić information content (AvgIpc) is 3.47. The van der Waals surface area contributed by atoms with Crippen molar-refractivity contribution in [3.63, 3.8) is 0 Å².